The number of fused-ring (bicyclic) bond motifs is 1. The zero-order chi connectivity index (χ0) is 14.2. The Balaban J connectivity index is 2.69. The summed E-state index contributed by atoms with van der Waals surface area (Å²) in [7, 11) is 0. The van der Waals surface area contributed by atoms with Crippen LogP contribution in [-0.4, -0.2) is 11.6 Å². The molecule has 0 saturated heterocycles. The highest BCUT2D eigenvalue weighted by molar-refractivity contribution is 5.94. The summed E-state index contributed by atoms with van der Waals surface area (Å²) in [6.07, 6.45) is -4.72. The number of aromatic nitrogens is 1. The van der Waals surface area contributed by atoms with Crippen molar-refractivity contribution in [2.75, 3.05) is 5.73 Å². The van der Waals surface area contributed by atoms with Crippen molar-refractivity contribution >= 4 is 16.6 Å². The third-order valence-corrected chi connectivity index (χ3v) is 2.34. The molecule has 2 aromatic rings. The quantitative estimate of drug-likeness (QED) is 0.856. The average Bonchev–Trinajstić information content (AvgIpc) is 2.28. The maximum atomic E-state index is 12.6. The predicted octanol–water partition coefficient (Wildman–Crippen LogP) is 3.44. The smallest absolute Gasteiger partial charge is 0.432 e. The summed E-state index contributed by atoms with van der Waals surface area (Å²) in [5, 5.41) is 0.117. The summed E-state index contributed by atoms with van der Waals surface area (Å²) in [4.78, 5) is 3.30. The van der Waals surface area contributed by atoms with E-state index < -0.39 is 24.2 Å². The fraction of sp³-hybridized carbons (Fsp3) is 0.182. The molecule has 2 N–H and O–H groups in total. The highest BCUT2D eigenvalue weighted by atomic mass is 19.4. The minimum absolute atomic E-state index is 0.117. The van der Waals surface area contributed by atoms with Gasteiger partial charge in [-0.15, -0.1) is 0 Å². The molecule has 1 aromatic carbocycles. The van der Waals surface area contributed by atoms with Crippen molar-refractivity contribution in [1.29, 1.82) is 0 Å². The van der Waals surface area contributed by atoms with Crippen LogP contribution in [0.15, 0.2) is 24.3 Å². The molecular formula is C11H7F5N2O. The van der Waals surface area contributed by atoms with E-state index >= 15 is 0 Å². The number of anilines is 1. The van der Waals surface area contributed by atoms with Gasteiger partial charge in [-0.1, -0.05) is 12.1 Å². The Kier molecular flexibility index (Phi) is 3.17. The fourth-order valence-corrected chi connectivity index (χ4v) is 1.58. The Morgan fingerprint density at radius 3 is 2.47 bits per heavy atom. The molecule has 0 atom stereocenters. The molecule has 0 radical (unpaired) electrons. The number of nitrogens with two attached hydrogens (primary N) is 1. The SMILES string of the molecule is Nc1cc(C(F)(F)F)nc2c(OC(F)F)cccc12. The number of halogens is 5. The summed E-state index contributed by atoms with van der Waals surface area (Å²) < 4.78 is 66.2. The van der Waals surface area contributed by atoms with Crippen LogP contribution in [0.4, 0.5) is 27.6 Å². The van der Waals surface area contributed by atoms with Crippen LogP contribution in [0, 0.1) is 0 Å². The Morgan fingerprint density at radius 2 is 1.89 bits per heavy atom. The van der Waals surface area contributed by atoms with Gasteiger partial charge in [0, 0.05) is 11.1 Å². The number of hydrogen-bond acceptors (Lipinski definition) is 3. The molecule has 3 nitrogen and oxygen atoms in total. The fourth-order valence-electron chi connectivity index (χ4n) is 1.58. The molecule has 0 aliphatic heterocycles. The molecule has 1 aromatic heterocycles. The van der Waals surface area contributed by atoms with Crippen LogP contribution < -0.4 is 10.5 Å². The Labute approximate surface area is 103 Å². The van der Waals surface area contributed by atoms with Crippen LogP contribution in [-0.2, 0) is 6.18 Å². The minimum atomic E-state index is -4.72. The lowest BCUT2D eigenvalue weighted by atomic mass is 10.1. The Morgan fingerprint density at radius 1 is 1.21 bits per heavy atom. The number of nitrogens with zero attached hydrogens (tertiary/aromatic N) is 1. The predicted molar refractivity (Wildman–Crippen MR) is 57.8 cm³/mol. The van der Waals surface area contributed by atoms with Crippen molar-refractivity contribution < 1.29 is 26.7 Å². The normalized spacial score (nSPS) is 12.1. The molecule has 0 fully saturated rings. The molecule has 0 unspecified atom stereocenters. The monoisotopic (exact) mass is 278 g/mol. The lowest BCUT2D eigenvalue weighted by Gasteiger charge is -2.12. The van der Waals surface area contributed by atoms with Crippen LogP contribution >= 0.6 is 0 Å². The van der Waals surface area contributed by atoms with Gasteiger partial charge in [0.15, 0.2) is 5.75 Å². The lowest BCUT2D eigenvalue weighted by Crippen LogP contribution is -2.10. The van der Waals surface area contributed by atoms with Gasteiger partial charge < -0.3 is 10.5 Å². The number of pyridine rings is 1. The van der Waals surface area contributed by atoms with Crippen molar-refractivity contribution in [1.82, 2.24) is 4.98 Å². The van der Waals surface area contributed by atoms with Gasteiger partial charge in [-0.2, -0.15) is 22.0 Å². The molecule has 102 valence electrons. The van der Waals surface area contributed by atoms with Crippen molar-refractivity contribution in [2.45, 2.75) is 12.8 Å². The molecule has 0 aliphatic carbocycles. The Hall–Kier alpha value is -2.12. The first kappa shape index (κ1) is 13.3. The van der Waals surface area contributed by atoms with Crippen molar-refractivity contribution in [3.8, 4) is 5.75 Å². The van der Waals surface area contributed by atoms with Gasteiger partial charge in [0.25, 0.3) is 0 Å². The molecule has 2 rings (SSSR count). The first-order chi connectivity index (χ1) is 8.79. The van der Waals surface area contributed by atoms with E-state index in [0.717, 1.165) is 6.07 Å². The third-order valence-electron chi connectivity index (χ3n) is 2.34. The maximum absolute atomic E-state index is 12.6. The summed E-state index contributed by atoms with van der Waals surface area (Å²) in [6.45, 7) is -3.16. The zero-order valence-corrected chi connectivity index (χ0v) is 9.21. The summed E-state index contributed by atoms with van der Waals surface area (Å²) in [5.41, 5.74) is 3.65. The van der Waals surface area contributed by atoms with Crippen molar-refractivity contribution in [3.63, 3.8) is 0 Å². The van der Waals surface area contributed by atoms with Crippen LogP contribution in [0.1, 0.15) is 5.69 Å². The standard InChI is InChI=1S/C11H7F5N2O/c12-10(13)19-7-3-1-2-5-6(17)4-8(11(14,15)16)18-9(5)7/h1-4,10H,(H2,17,18). The molecule has 0 aliphatic rings. The first-order valence-corrected chi connectivity index (χ1v) is 5.00. The zero-order valence-electron chi connectivity index (χ0n) is 9.21. The molecule has 1 heterocycles. The molecule has 8 heteroatoms. The van der Waals surface area contributed by atoms with E-state index in [0.29, 0.717) is 6.07 Å². The Bertz CT molecular complexity index is 612. The summed E-state index contributed by atoms with van der Waals surface area (Å²) in [5.74, 6) is -0.453. The molecule has 0 saturated carbocycles. The van der Waals surface area contributed by atoms with E-state index in [9.17, 15) is 22.0 Å². The van der Waals surface area contributed by atoms with Crippen LogP contribution in [0.2, 0.25) is 0 Å². The number of alkyl halides is 5. The van der Waals surface area contributed by atoms with Crippen molar-refractivity contribution in [2.24, 2.45) is 0 Å². The van der Waals surface area contributed by atoms with E-state index in [1.807, 2.05) is 0 Å². The molecular weight excluding hydrogens is 271 g/mol. The van der Waals surface area contributed by atoms with Gasteiger partial charge in [0.2, 0.25) is 0 Å². The van der Waals surface area contributed by atoms with Crippen molar-refractivity contribution in [3.05, 3.63) is 30.0 Å². The summed E-state index contributed by atoms with van der Waals surface area (Å²) in [6, 6.07) is 4.46. The third kappa shape index (κ3) is 2.67. The number of hydrogen-bond donors (Lipinski definition) is 1. The first-order valence-electron chi connectivity index (χ1n) is 5.00. The number of rotatable bonds is 2. The lowest BCUT2D eigenvalue weighted by molar-refractivity contribution is -0.140. The van der Waals surface area contributed by atoms with Crippen LogP contribution in [0.25, 0.3) is 10.9 Å². The van der Waals surface area contributed by atoms with Gasteiger partial charge in [-0.25, -0.2) is 4.98 Å². The van der Waals surface area contributed by atoms with E-state index in [4.69, 9.17) is 5.73 Å². The highest BCUT2D eigenvalue weighted by Gasteiger charge is 2.33. The number of para-hydroxylation sites is 1. The molecule has 19 heavy (non-hydrogen) atoms. The molecule has 0 spiro atoms. The van der Waals surface area contributed by atoms with E-state index in [1.165, 1.54) is 12.1 Å². The number of benzene rings is 1. The topological polar surface area (TPSA) is 48.1 Å². The summed E-state index contributed by atoms with van der Waals surface area (Å²) >= 11 is 0. The molecule has 0 amide bonds. The molecule has 0 bridgehead atoms. The minimum Gasteiger partial charge on any atom is -0.432 e. The number of nitrogen functional groups attached to an aromatic ring is 1. The largest absolute Gasteiger partial charge is 0.433 e. The second-order valence-electron chi connectivity index (χ2n) is 3.63. The maximum Gasteiger partial charge on any atom is 0.433 e. The van der Waals surface area contributed by atoms with Gasteiger partial charge in [-0.05, 0) is 12.1 Å². The van der Waals surface area contributed by atoms with E-state index in [-0.39, 0.29) is 16.6 Å². The van der Waals surface area contributed by atoms with E-state index in [1.54, 1.807) is 0 Å². The average molecular weight is 278 g/mol. The van der Waals surface area contributed by atoms with Crippen LogP contribution in [0.3, 0.4) is 0 Å². The second kappa shape index (κ2) is 4.52. The van der Waals surface area contributed by atoms with E-state index in [2.05, 4.69) is 9.72 Å². The highest BCUT2D eigenvalue weighted by Crippen LogP contribution is 2.35. The van der Waals surface area contributed by atoms with Gasteiger partial charge >= 0.3 is 12.8 Å². The van der Waals surface area contributed by atoms with Gasteiger partial charge in [0.05, 0.1) is 0 Å². The second-order valence-corrected chi connectivity index (χ2v) is 3.63. The van der Waals surface area contributed by atoms with Gasteiger partial charge in [-0.3, -0.25) is 0 Å². The van der Waals surface area contributed by atoms with Crippen LogP contribution in [0.5, 0.6) is 5.75 Å². The number of ether oxygens (including phenoxy) is 1. The van der Waals surface area contributed by atoms with Gasteiger partial charge in [0.1, 0.15) is 11.2 Å².